The van der Waals surface area contributed by atoms with E-state index in [1.54, 1.807) is 13.8 Å². The summed E-state index contributed by atoms with van der Waals surface area (Å²) in [6.07, 6.45) is 4.16. The summed E-state index contributed by atoms with van der Waals surface area (Å²) in [7, 11) is 0. The maximum absolute atomic E-state index is 12.1. The first-order chi connectivity index (χ1) is 17.7. The van der Waals surface area contributed by atoms with Gasteiger partial charge in [0, 0.05) is 0 Å². The van der Waals surface area contributed by atoms with Crippen molar-refractivity contribution < 1.29 is 15.0 Å². The Bertz CT molecular complexity index is 1090. The number of carboxylic acid groups (broad SMARTS) is 1. The molecular formula is C33H41NO3. The summed E-state index contributed by atoms with van der Waals surface area (Å²) in [6, 6.07) is 28.4. The normalized spacial score (nSPS) is 16.4. The Morgan fingerprint density at radius 2 is 1.38 bits per heavy atom. The van der Waals surface area contributed by atoms with Gasteiger partial charge in [0.1, 0.15) is 5.60 Å². The van der Waals surface area contributed by atoms with Crippen molar-refractivity contribution in [1.82, 2.24) is 4.90 Å². The van der Waals surface area contributed by atoms with E-state index in [1.807, 2.05) is 48.5 Å². The van der Waals surface area contributed by atoms with Gasteiger partial charge >= 0.3 is 5.97 Å². The molecule has 1 aliphatic rings. The molecule has 0 radical (unpaired) electrons. The lowest BCUT2D eigenvalue weighted by molar-refractivity contribution is -0.142. The number of carbonyl (C=O) groups is 1. The maximum atomic E-state index is 12.1. The fourth-order valence-corrected chi connectivity index (χ4v) is 5.74. The molecule has 0 amide bonds. The monoisotopic (exact) mass is 499 g/mol. The summed E-state index contributed by atoms with van der Waals surface area (Å²) >= 11 is 0. The zero-order valence-corrected chi connectivity index (χ0v) is 22.4. The summed E-state index contributed by atoms with van der Waals surface area (Å²) in [5.41, 5.74) is 2.22. The number of rotatable bonds is 10. The third-order valence-corrected chi connectivity index (χ3v) is 8.45. The van der Waals surface area contributed by atoms with Gasteiger partial charge < -0.3 is 15.1 Å². The van der Waals surface area contributed by atoms with Crippen LogP contribution in [-0.4, -0.2) is 40.7 Å². The molecule has 1 saturated heterocycles. The lowest BCUT2D eigenvalue weighted by Gasteiger charge is -2.42. The predicted octanol–water partition coefficient (Wildman–Crippen LogP) is 6.58. The summed E-state index contributed by atoms with van der Waals surface area (Å²) in [6.45, 7) is 8.81. The Hall–Kier alpha value is -2.95. The van der Waals surface area contributed by atoms with Gasteiger partial charge in [-0.15, -0.1) is 0 Å². The Morgan fingerprint density at radius 1 is 0.865 bits per heavy atom. The van der Waals surface area contributed by atoms with Crippen LogP contribution in [0.5, 0.6) is 0 Å². The molecule has 0 saturated carbocycles. The summed E-state index contributed by atoms with van der Waals surface area (Å²) in [4.78, 5) is 14.1. The molecular weight excluding hydrogens is 458 g/mol. The van der Waals surface area contributed by atoms with Crippen LogP contribution < -0.4 is 0 Å². The van der Waals surface area contributed by atoms with E-state index in [0.29, 0.717) is 5.92 Å². The number of hydrogen-bond donors (Lipinski definition) is 2. The molecule has 1 unspecified atom stereocenters. The molecule has 3 aromatic carbocycles. The number of nitrogens with zero attached hydrogens (tertiary/aromatic N) is 1. The van der Waals surface area contributed by atoms with E-state index in [-0.39, 0.29) is 5.92 Å². The molecule has 1 aliphatic heterocycles. The zero-order valence-electron chi connectivity index (χ0n) is 22.4. The van der Waals surface area contributed by atoms with E-state index in [9.17, 15) is 15.0 Å². The number of carboxylic acids is 1. The second-order valence-corrected chi connectivity index (χ2v) is 11.2. The molecule has 4 rings (SSSR count). The number of piperidine rings is 1. The number of hydrogen-bond acceptors (Lipinski definition) is 3. The van der Waals surface area contributed by atoms with Crippen LogP contribution in [0.2, 0.25) is 0 Å². The highest BCUT2D eigenvalue weighted by atomic mass is 16.4. The molecule has 4 nitrogen and oxygen atoms in total. The van der Waals surface area contributed by atoms with Gasteiger partial charge in [-0.1, -0.05) is 91.9 Å². The fraction of sp³-hybridized carbons (Fsp3) is 0.424. The van der Waals surface area contributed by atoms with Crippen LogP contribution in [0.25, 0.3) is 0 Å². The summed E-state index contributed by atoms with van der Waals surface area (Å²) in [5.74, 6) is -0.190. The van der Waals surface area contributed by atoms with E-state index in [1.165, 1.54) is 5.56 Å². The Balaban J connectivity index is 1.31. The lowest BCUT2D eigenvalue weighted by atomic mass is 9.72. The molecule has 1 fully saturated rings. The molecule has 2 N–H and O–H groups in total. The molecule has 0 bridgehead atoms. The number of aliphatic hydroxyl groups is 1. The van der Waals surface area contributed by atoms with Gasteiger partial charge in [-0.3, -0.25) is 4.79 Å². The van der Waals surface area contributed by atoms with Gasteiger partial charge in [0.2, 0.25) is 0 Å². The molecule has 0 spiro atoms. The third-order valence-electron chi connectivity index (χ3n) is 8.45. The average molecular weight is 500 g/mol. The minimum atomic E-state index is -0.968. The van der Waals surface area contributed by atoms with Crippen molar-refractivity contribution in [2.75, 3.05) is 19.6 Å². The summed E-state index contributed by atoms with van der Waals surface area (Å²) in [5, 5.41) is 21.6. The lowest BCUT2D eigenvalue weighted by Crippen LogP contribution is -2.44. The van der Waals surface area contributed by atoms with Gasteiger partial charge in [0.15, 0.2) is 0 Å². The summed E-state index contributed by atoms with van der Waals surface area (Å²) < 4.78 is 0. The number of likely N-dealkylation sites (tertiary alicyclic amines) is 1. The quantitative estimate of drug-likeness (QED) is 0.331. The van der Waals surface area contributed by atoms with Crippen molar-refractivity contribution in [3.63, 3.8) is 0 Å². The van der Waals surface area contributed by atoms with E-state index in [2.05, 4.69) is 48.2 Å². The van der Waals surface area contributed by atoms with Crippen molar-refractivity contribution in [3.05, 3.63) is 107 Å². The smallest absolute Gasteiger partial charge is 0.313 e. The molecule has 196 valence electrons. The second-order valence-electron chi connectivity index (χ2n) is 11.2. The van der Waals surface area contributed by atoms with Crippen LogP contribution in [0.4, 0.5) is 0 Å². The molecule has 4 heteroatoms. The SMILES string of the molecule is CC(CCCN1CCC(C(O)(c2ccccc2)c2ccccc2)CC1)c1ccc(C(C)(C)C(=O)O)cc1. The Morgan fingerprint density at radius 3 is 1.86 bits per heavy atom. The van der Waals surface area contributed by atoms with E-state index >= 15 is 0 Å². The van der Waals surface area contributed by atoms with Gasteiger partial charge in [-0.25, -0.2) is 0 Å². The first-order valence-electron chi connectivity index (χ1n) is 13.6. The van der Waals surface area contributed by atoms with Crippen LogP contribution in [0.1, 0.15) is 74.6 Å². The number of benzene rings is 3. The van der Waals surface area contributed by atoms with Crippen LogP contribution >= 0.6 is 0 Å². The Labute approximate surface area is 222 Å². The average Bonchev–Trinajstić information content (AvgIpc) is 2.94. The van der Waals surface area contributed by atoms with Crippen molar-refractivity contribution >= 4 is 5.97 Å². The molecule has 1 heterocycles. The molecule has 37 heavy (non-hydrogen) atoms. The van der Waals surface area contributed by atoms with Gasteiger partial charge in [0.25, 0.3) is 0 Å². The van der Waals surface area contributed by atoms with Crippen molar-refractivity contribution in [2.24, 2.45) is 5.92 Å². The first kappa shape index (κ1) is 27.1. The third kappa shape index (κ3) is 5.97. The van der Waals surface area contributed by atoms with Crippen molar-refractivity contribution in [1.29, 1.82) is 0 Å². The highest BCUT2D eigenvalue weighted by molar-refractivity contribution is 5.80. The molecule has 0 aliphatic carbocycles. The second kappa shape index (κ2) is 11.6. The van der Waals surface area contributed by atoms with Crippen LogP contribution in [0, 0.1) is 5.92 Å². The highest BCUT2D eigenvalue weighted by Crippen LogP contribution is 2.42. The minimum Gasteiger partial charge on any atom is -0.481 e. The predicted molar refractivity (Wildman–Crippen MR) is 150 cm³/mol. The Kier molecular flexibility index (Phi) is 8.51. The van der Waals surface area contributed by atoms with Gasteiger partial charge in [-0.2, -0.15) is 0 Å². The highest BCUT2D eigenvalue weighted by Gasteiger charge is 2.41. The molecule has 3 aromatic rings. The van der Waals surface area contributed by atoms with Crippen LogP contribution in [0.3, 0.4) is 0 Å². The van der Waals surface area contributed by atoms with Gasteiger partial charge in [0.05, 0.1) is 5.41 Å². The van der Waals surface area contributed by atoms with Crippen molar-refractivity contribution in [3.8, 4) is 0 Å². The van der Waals surface area contributed by atoms with Crippen LogP contribution in [0.15, 0.2) is 84.9 Å². The molecule has 1 atom stereocenters. The first-order valence-corrected chi connectivity index (χ1v) is 13.6. The van der Waals surface area contributed by atoms with E-state index in [0.717, 1.165) is 62.0 Å². The van der Waals surface area contributed by atoms with Crippen LogP contribution in [-0.2, 0) is 15.8 Å². The zero-order chi connectivity index (χ0) is 26.5. The minimum absolute atomic E-state index is 0.182. The molecule has 0 aromatic heterocycles. The van der Waals surface area contributed by atoms with E-state index < -0.39 is 17.0 Å². The standard InChI is InChI=1S/C33H41NO3/c1-25(26-16-18-27(19-17-26)32(2,3)31(35)36)11-10-22-34-23-20-30(21-24-34)33(37,28-12-6-4-7-13-28)29-14-8-5-9-15-29/h4-9,12-19,25,30,37H,10-11,20-24H2,1-3H3,(H,35,36). The fourth-order valence-electron chi connectivity index (χ4n) is 5.74. The maximum Gasteiger partial charge on any atom is 0.313 e. The largest absolute Gasteiger partial charge is 0.481 e. The topological polar surface area (TPSA) is 60.8 Å². The number of aliphatic carboxylic acids is 1. The van der Waals surface area contributed by atoms with Gasteiger partial charge in [-0.05, 0) is 93.3 Å². The van der Waals surface area contributed by atoms with Crippen molar-refractivity contribution in [2.45, 2.75) is 63.4 Å². The van der Waals surface area contributed by atoms with E-state index in [4.69, 9.17) is 0 Å².